The maximum Gasteiger partial charge on any atom is 0.238 e. The summed E-state index contributed by atoms with van der Waals surface area (Å²) >= 11 is 0. The molecule has 150 valence electrons. The van der Waals surface area contributed by atoms with E-state index in [1.165, 1.54) is 22.0 Å². The van der Waals surface area contributed by atoms with Gasteiger partial charge in [0.25, 0.3) is 0 Å². The Morgan fingerprint density at radius 2 is 1.72 bits per heavy atom. The highest BCUT2D eigenvalue weighted by atomic mass is 16.5. The molecule has 0 aromatic heterocycles. The van der Waals surface area contributed by atoms with E-state index in [0.717, 1.165) is 38.5 Å². The van der Waals surface area contributed by atoms with Gasteiger partial charge in [-0.25, -0.2) is 0 Å². The van der Waals surface area contributed by atoms with Crippen molar-refractivity contribution in [2.24, 2.45) is 0 Å². The zero-order chi connectivity index (χ0) is 20.1. The molecule has 1 N–H and O–H groups in total. The number of fused-ring (bicyclic) bond motifs is 1. The number of hydrogen-bond donors (Lipinski definition) is 1. The van der Waals surface area contributed by atoms with Crippen molar-refractivity contribution in [3.8, 4) is 0 Å². The van der Waals surface area contributed by atoms with Crippen LogP contribution in [0.2, 0.25) is 0 Å². The Kier molecular flexibility index (Phi) is 6.08. The largest absolute Gasteiger partial charge is 0.378 e. The van der Waals surface area contributed by atoms with Crippen LogP contribution in [0.25, 0.3) is 10.8 Å². The summed E-state index contributed by atoms with van der Waals surface area (Å²) in [6.45, 7) is 4.41. The van der Waals surface area contributed by atoms with Crippen molar-refractivity contribution < 1.29 is 9.53 Å². The Morgan fingerprint density at radius 3 is 2.52 bits per heavy atom. The monoisotopic (exact) mass is 389 g/mol. The van der Waals surface area contributed by atoms with E-state index in [1.54, 1.807) is 0 Å². The van der Waals surface area contributed by atoms with Crippen LogP contribution in [0.15, 0.2) is 66.7 Å². The maximum atomic E-state index is 12.5. The molecule has 29 heavy (non-hydrogen) atoms. The molecule has 0 spiro atoms. The third-order valence-electron chi connectivity index (χ3n) is 5.26. The van der Waals surface area contributed by atoms with Crippen LogP contribution in [0.1, 0.15) is 5.56 Å². The van der Waals surface area contributed by atoms with Crippen molar-refractivity contribution in [2.75, 3.05) is 50.1 Å². The van der Waals surface area contributed by atoms with E-state index in [2.05, 4.69) is 58.7 Å². The molecule has 3 aromatic carbocycles. The predicted octanol–water partition coefficient (Wildman–Crippen LogP) is 3.75. The Bertz CT molecular complexity index is 960. The van der Waals surface area contributed by atoms with E-state index < -0.39 is 0 Å². The van der Waals surface area contributed by atoms with E-state index in [9.17, 15) is 4.79 Å². The summed E-state index contributed by atoms with van der Waals surface area (Å²) in [5.74, 6) is -0.00754. The van der Waals surface area contributed by atoms with Gasteiger partial charge in [0.05, 0.1) is 19.8 Å². The average Bonchev–Trinajstić information content (AvgIpc) is 2.75. The molecule has 1 saturated heterocycles. The van der Waals surface area contributed by atoms with Crippen molar-refractivity contribution in [3.63, 3.8) is 0 Å². The number of carbonyl (C=O) groups excluding carboxylic acids is 1. The topological polar surface area (TPSA) is 44.8 Å². The van der Waals surface area contributed by atoms with Gasteiger partial charge in [-0.15, -0.1) is 0 Å². The van der Waals surface area contributed by atoms with Gasteiger partial charge >= 0.3 is 0 Å². The molecule has 1 aliphatic rings. The minimum Gasteiger partial charge on any atom is -0.378 e. The molecule has 0 bridgehead atoms. The summed E-state index contributed by atoms with van der Waals surface area (Å²) in [4.78, 5) is 16.8. The second-order valence-electron chi connectivity index (χ2n) is 7.51. The Labute approximate surface area is 171 Å². The SMILES string of the molecule is CN(CC(=O)Nc1ccc(N2CCOCC2)cc1)Cc1cccc2ccccc12. The summed E-state index contributed by atoms with van der Waals surface area (Å²) in [6.07, 6.45) is 0. The number of carbonyl (C=O) groups is 1. The molecule has 0 saturated carbocycles. The van der Waals surface area contributed by atoms with E-state index in [4.69, 9.17) is 4.74 Å². The van der Waals surface area contributed by atoms with Crippen LogP contribution in [0.4, 0.5) is 11.4 Å². The quantitative estimate of drug-likeness (QED) is 0.697. The van der Waals surface area contributed by atoms with Gasteiger partial charge in [-0.1, -0.05) is 42.5 Å². The van der Waals surface area contributed by atoms with Crippen molar-refractivity contribution >= 4 is 28.1 Å². The summed E-state index contributed by atoms with van der Waals surface area (Å²) in [5, 5.41) is 5.46. The van der Waals surface area contributed by atoms with Crippen LogP contribution in [0, 0.1) is 0 Å². The number of likely N-dealkylation sites (N-methyl/N-ethyl adjacent to an activating group) is 1. The summed E-state index contributed by atoms with van der Waals surface area (Å²) < 4.78 is 5.40. The van der Waals surface area contributed by atoms with E-state index >= 15 is 0 Å². The molecular formula is C24H27N3O2. The molecule has 0 radical (unpaired) electrons. The fourth-order valence-corrected chi connectivity index (χ4v) is 3.80. The molecule has 0 aliphatic carbocycles. The van der Waals surface area contributed by atoms with Crippen molar-refractivity contribution in [2.45, 2.75) is 6.54 Å². The minimum absolute atomic E-state index is 0.00754. The number of amides is 1. The smallest absolute Gasteiger partial charge is 0.238 e. The number of morpholine rings is 1. The summed E-state index contributed by atoms with van der Waals surface area (Å²) in [7, 11) is 1.98. The van der Waals surface area contributed by atoms with E-state index in [1.807, 2.05) is 30.1 Å². The molecule has 5 nitrogen and oxygen atoms in total. The summed E-state index contributed by atoms with van der Waals surface area (Å²) in [6, 6.07) is 22.7. The lowest BCUT2D eigenvalue weighted by molar-refractivity contribution is -0.117. The Hall–Kier alpha value is -2.89. The standard InChI is InChI=1S/C24H27N3O2/c1-26(17-20-7-4-6-19-5-2-3-8-23(19)20)18-24(28)25-21-9-11-22(12-10-21)27-13-15-29-16-14-27/h2-12H,13-18H2,1H3,(H,25,28). The number of nitrogens with one attached hydrogen (secondary N) is 1. The predicted molar refractivity (Wildman–Crippen MR) is 118 cm³/mol. The number of nitrogens with zero attached hydrogens (tertiary/aromatic N) is 2. The van der Waals surface area contributed by atoms with Crippen LogP contribution in [0.3, 0.4) is 0 Å². The number of anilines is 2. The fraction of sp³-hybridized carbons (Fsp3) is 0.292. The van der Waals surface area contributed by atoms with Gasteiger partial charge in [0.15, 0.2) is 0 Å². The molecule has 0 atom stereocenters. The van der Waals surface area contributed by atoms with Crippen LogP contribution >= 0.6 is 0 Å². The number of ether oxygens (including phenoxy) is 1. The molecule has 1 heterocycles. The lowest BCUT2D eigenvalue weighted by atomic mass is 10.0. The number of hydrogen-bond acceptors (Lipinski definition) is 4. The fourth-order valence-electron chi connectivity index (χ4n) is 3.80. The highest BCUT2D eigenvalue weighted by Crippen LogP contribution is 2.20. The van der Waals surface area contributed by atoms with Crippen LogP contribution in [-0.4, -0.2) is 50.7 Å². The molecule has 4 rings (SSSR count). The molecule has 1 aliphatic heterocycles. The Morgan fingerprint density at radius 1 is 1.00 bits per heavy atom. The van der Waals surface area contributed by atoms with Crippen molar-refractivity contribution in [3.05, 3.63) is 72.3 Å². The van der Waals surface area contributed by atoms with E-state index in [-0.39, 0.29) is 5.91 Å². The second-order valence-corrected chi connectivity index (χ2v) is 7.51. The molecule has 5 heteroatoms. The maximum absolute atomic E-state index is 12.5. The first kappa shape index (κ1) is 19.4. The number of rotatable bonds is 6. The first-order chi connectivity index (χ1) is 14.2. The average molecular weight is 389 g/mol. The normalized spacial score (nSPS) is 14.3. The lowest BCUT2D eigenvalue weighted by Crippen LogP contribution is -2.36. The molecule has 1 fully saturated rings. The minimum atomic E-state index is -0.00754. The van der Waals surface area contributed by atoms with Crippen molar-refractivity contribution in [1.82, 2.24) is 4.90 Å². The molecular weight excluding hydrogens is 362 g/mol. The summed E-state index contributed by atoms with van der Waals surface area (Å²) in [5.41, 5.74) is 3.22. The first-order valence-electron chi connectivity index (χ1n) is 10.1. The van der Waals surface area contributed by atoms with Gasteiger partial charge in [0.2, 0.25) is 5.91 Å². The Balaban J connectivity index is 1.33. The van der Waals surface area contributed by atoms with Crippen LogP contribution in [-0.2, 0) is 16.1 Å². The molecule has 1 amide bonds. The third-order valence-corrected chi connectivity index (χ3v) is 5.26. The van der Waals surface area contributed by atoms with Gasteiger partial charge in [-0.2, -0.15) is 0 Å². The van der Waals surface area contributed by atoms with Crippen molar-refractivity contribution in [1.29, 1.82) is 0 Å². The highest BCUT2D eigenvalue weighted by molar-refractivity contribution is 5.92. The first-order valence-corrected chi connectivity index (χ1v) is 10.1. The third kappa shape index (κ3) is 4.94. The number of benzene rings is 3. The lowest BCUT2D eigenvalue weighted by Gasteiger charge is -2.28. The molecule has 0 unspecified atom stereocenters. The zero-order valence-corrected chi connectivity index (χ0v) is 16.8. The van der Waals surface area contributed by atoms with E-state index in [0.29, 0.717) is 6.54 Å². The zero-order valence-electron chi connectivity index (χ0n) is 16.8. The van der Waals surface area contributed by atoms with Gasteiger partial charge < -0.3 is 15.0 Å². The highest BCUT2D eigenvalue weighted by Gasteiger charge is 2.12. The van der Waals surface area contributed by atoms with Gasteiger partial charge in [-0.3, -0.25) is 9.69 Å². The van der Waals surface area contributed by atoms with Crippen LogP contribution < -0.4 is 10.2 Å². The van der Waals surface area contributed by atoms with Gasteiger partial charge in [0.1, 0.15) is 0 Å². The van der Waals surface area contributed by atoms with Gasteiger partial charge in [0, 0.05) is 31.0 Å². The van der Waals surface area contributed by atoms with Gasteiger partial charge in [-0.05, 0) is 47.6 Å². The second kappa shape index (κ2) is 9.07. The van der Waals surface area contributed by atoms with Crippen LogP contribution in [0.5, 0.6) is 0 Å². The molecule has 3 aromatic rings.